The third-order valence-electron chi connectivity index (χ3n) is 4.77. The zero-order valence-corrected chi connectivity index (χ0v) is 16.6. The number of piperazine rings is 1. The predicted octanol–water partition coefficient (Wildman–Crippen LogP) is 4.26. The maximum absolute atomic E-state index is 12.7. The summed E-state index contributed by atoms with van der Waals surface area (Å²) in [5.74, 6) is 1.39. The van der Waals surface area contributed by atoms with Crippen molar-refractivity contribution in [3.63, 3.8) is 0 Å². The van der Waals surface area contributed by atoms with Gasteiger partial charge < -0.3 is 14.2 Å². The summed E-state index contributed by atoms with van der Waals surface area (Å²) in [7, 11) is 0. The van der Waals surface area contributed by atoms with Crippen LogP contribution >= 0.6 is 22.9 Å². The van der Waals surface area contributed by atoms with Crippen molar-refractivity contribution in [3.8, 4) is 10.8 Å². The second-order valence-electron chi connectivity index (χ2n) is 6.50. The first-order chi connectivity index (χ1) is 13.1. The molecule has 0 saturated carbocycles. The van der Waals surface area contributed by atoms with Crippen molar-refractivity contribution < 1.29 is 9.21 Å². The molecular formula is C20H20ClN3O2S. The van der Waals surface area contributed by atoms with Gasteiger partial charge in [0.2, 0.25) is 11.8 Å². The third-order valence-corrected chi connectivity index (χ3v) is 5.95. The van der Waals surface area contributed by atoms with Crippen molar-refractivity contribution >= 4 is 34.5 Å². The molecule has 1 fully saturated rings. The number of rotatable bonds is 4. The van der Waals surface area contributed by atoms with Crippen molar-refractivity contribution in [1.82, 2.24) is 9.88 Å². The van der Waals surface area contributed by atoms with Crippen LogP contribution < -0.4 is 4.90 Å². The summed E-state index contributed by atoms with van der Waals surface area (Å²) in [6, 6.07) is 11.8. The number of para-hydroxylation sites is 1. The highest BCUT2D eigenvalue weighted by atomic mass is 35.5. The first kappa shape index (κ1) is 18.1. The first-order valence-corrected chi connectivity index (χ1v) is 10.1. The molecule has 1 aliphatic heterocycles. The van der Waals surface area contributed by atoms with Gasteiger partial charge in [0.25, 0.3) is 0 Å². The number of aromatic nitrogens is 1. The van der Waals surface area contributed by atoms with Gasteiger partial charge in [-0.3, -0.25) is 4.79 Å². The van der Waals surface area contributed by atoms with Crippen LogP contribution in [0.15, 0.2) is 46.2 Å². The Balaban J connectivity index is 1.38. The van der Waals surface area contributed by atoms with Crippen molar-refractivity contribution in [1.29, 1.82) is 0 Å². The van der Waals surface area contributed by atoms with Crippen LogP contribution in [0.1, 0.15) is 11.5 Å². The normalized spacial score (nSPS) is 14.6. The van der Waals surface area contributed by atoms with Gasteiger partial charge in [-0.2, -0.15) is 0 Å². The molecule has 0 aliphatic carbocycles. The van der Waals surface area contributed by atoms with E-state index in [0.29, 0.717) is 24.7 Å². The zero-order chi connectivity index (χ0) is 18.8. The van der Waals surface area contributed by atoms with Crippen LogP contribution in [0, 0.1) is 6.92 Å². The Morgan fingerprint density at radius 1 is 1.19 bits per heavy atom. The number of anilines is 1. The number of benzene rings is 1. The number of aryl methyl sites for hydroxylation is 1. The smallest absolute Gasteiger partial charge is 0.236 e. The SMILES string of the molecule is Cc1oc(-c2cccs2)nc1CC(=O)N1CCN(c2ccccc2Cl)CC1. The van der Waals surface area contributed by atoms with Gasteiger partial charge >= 0.3 is 0 Å². The zero-order valence-electron chi connectivity index (χ0n) is 15.0. The molecule has 140 valence electrons. The summed E-state index contributed by atoms with van der Waals surface area (Å²) < 4.78 is 5.74. The van der Waals surface area contributed by atoms with Gasteiger partial charge in [0, 0.05) is 26.2 Å². The fraction of sp³-hybridized carbons (Fsp3) is 0.300. The molecule has 0 atom stereocenters. The molecule has 0 N–H and O–H groups in total. The standard InChI is InChI=1S/C20H20ClN3O2S/c1-14-16(22-20(26-14)18-7-4-12-27-18)13-19(25)24-10-8-23(9-11-24)17-6-3-2-5-15(17)21/h2-7,12H,8-11,13H2,1H3. The van der Waals surface area contributed by atoms with Gasteiger partial charge in [-0.05, 0) is 30.5 Å². The van der Waals surface area contributed by atoms with Gasteiger partial charge in [-0.25, -0.2) is 4.98 Å². The Bertz CT molecular complexity index is 931. The van der Waals surface area contributed by atoms with E-state index in [1.807, 2.05) is 53.6 Å². The highest BCUT2D eigenvalue weighted by molar-refractivity contribution is 7.13. The van der Waals surface area contributed by atoms with Crippen LogP contribution in [0.2, 0.25) is 5.02 Å². The minimum Gasteiger partial charge on any atom is -0.440 e. The summed E-state index contributed by atoms with van der Waals surface area (Å²) >= 11 is 7.86. The van der Waals surface area contributed by atoms with Crippen LogP contribution in [0.5, 0.6) is 0 Å². The molecule has 1 aromatic carbocycles. The van der Waals surface area contributed by atoms with E-state index in [-0.39, 0.29) is 12.3 Å². The molecule has 1 aliphatic rings. The lowest BCUT2D eigenvalue weighted by atomic mass is 10.2. The predicted molar refractivity (Wildman–Crippen MR) is 109 cm³/mol. The molecule has 7 heteroatoms. The van der Waals surface area contributed by atoms with Gasteiger partial charge in [-0.15, -0.1) is 11.3 Å². The van der Waals surface area contributed by atoms with Crippen molar-refractivity contribution in [2.75, 3.05) is 31.1 Å². The second-order valence-corrected chi connectivity index (χ2v) is 7.85. The van der Waals surface area contributed by atoms with Crippen LogP contribution in [0.3, 0.4) is 0 Å². The lowest BCUT2D eigenvalue weighted by Gasteiger charge is -2.36. The Morgan fingerprint density at radius 2 is 1.96 bits per heavy atom. The van der Waals surface area contributed by atoms with Gasteiger partial charge in [0.15, 0.2) is 0 Å². The number of amides is 1. The van der Waals surface area contributed by atoms with Crippen molar-refractivity contribution in [2.24, 2.45) is 0 Å². The molecule has 5 nitrogen and oxygen atoms in total. The summed E-state index contributed by atoms with van der Waals surface area (Å²) in [6.45, 7) is 4.76. The number of nitrogens with zero attached hydrogens (tertiary/aromatic N) is 3. The van der Waals surface area contributed by atoms with Crippen LogP contribution in [0.4, 0.5) is 5.69 Å². The summed E-state index contributed by atoms with van der Waals surface area (Å²) in [6.07, 6.45) is 0.271. The van der Waals surface area contributed by atoms with Gasteiger partial charge in [0.05, 0.1) is 27.7 Å². The molecule has 1 saturated heterocycles. The average molecular weight is 402 g/mol. The molecule has 2 aromatic heterocycles. The maximum atomic E-state index is 12.7. The van der Waals surface area contributed by atoms with Crippen molar-refractivity contribution in [3.05, 3.63) is 58.3 Å². The number of halogens is 1. The molecule has 3 aromatic rings. The van der Waals surface area contributed by atoms with Gasteiger partial charge in [-0.1, -0.05) is 29.8 Å². The Hall–Kier alpha value is -2.31. The van der Waals surface area contributed by atoms with Crippen LogP contribution in [-0.2, 0) is 11.2 Å². The largest absolute Gasteiger partial charge is 0.440 e. The van der Waals surface area contributed by atoms with E-state index in [2.05, 4.69) is 9.88 Å². The quantitative estimate of drug-likeness (QED) is 0.655. The van der Waals surface area contributed by atoms with Crippen LogP contribution in [0.25, 0.3) is 10.8 Å². The third kappa shape index (κ3) is 3.87. The number of hydrogen-bond acceptors (Lipinski definition) is 5. The molecule has 0 spiro atoms. The summed E-state index contributed by atoms with van der Waals surface area (Å²) in [4.78, 5) is 22.4. The summed E-state index contributed by atoms with van der Waals surface area (Å²) in [5, 5.41) is 2.73. The summed E-state index contributed by atoms with van der Waals surface area (Å²) in [5.41, 5.74) is 1.75. The molecule has 4 rings (SSSR count). The van der Waals surface area contributed by atoms with E-state index in [9.17, 15) is 4.79 Å². The first-order valence-electron chi connectivity index (χ1n) is 8.89. The van der Waals surface area contributed by atoms with E-state index >= 15 is 0 Å². The molecule has 3 heterocycles. The number of oxazole rings is 1. The Kier molecular flexibility index (Phi) is 5.18. The highest BCUT2D eigenvalue weighted by Crippen LogP contribution is 2.27. The fourth-order valence-corrected chi connectivity index (χ4v) is 4.16. The molecule has 0 radical (unpaired) electrons. The molecular weight excluding hydrogens is 382 g/mol. The molecule has 0 unspecified atom stereocenters. The van der Waals surface area contributed by atoms with E-state index in [0.717, 1.165) is 34.4 Å². The maximum Gasteiger partial charge on any atom is 0.236 e. The lowest BCUT2D eigenvalue weighted by molar-refractivity contribution is -0.130. The van der Waals surface area contributed by atoms with E-state index in [1.54, 1.807) is 11.3 Å². The average Bonchev–Trinajstić information content (AvgIpc) is 3.33. The number of carbonyl (C=O) groups excluding carboxylic acids is 1. The van der Waals surface area contributed by atoms with Crippen LogP contribution in [-0.4, -0.2) is 42.0 Å². The molecule has 27 heavy (non-hydrogen) atoms. The van der Waals surface area contributed by atoms with E-state index < -0.39 is 0 Å². The monoisotopic (exact) mass is 401 g/mol. The van der Waals surface area contributed by atoms with Crippen molar-refractivity contribution in [2.45, 2.75) is 13.3 Å². The van der Waals surface area contributed by atoms with E-state index in [1.165, 1.54) is 0 Å². The molecule has 0 bridgehead atoms. The Morgan fingerprint density at radius 3 is 2.67 bits per heavy atom. The van der Waals surface area contributed by atoms with Gasteiger partial charge in [0.1, 0.15) is 5.76 Å². The number of thiophene rings is 1. The Labute approximate surface area is 167 Å². The molecule has 1 amide bonds. The number of hydrogen-bond donors (Lipinski definition) is 0. The lowest BCUT2D eigenvalue weighted by Crippen LogP contribution is -2.49. The highest BCUT2D eigenvalue weighted by Gasteiger charge is 2.24. The van der Waals surface area contributed by atoms with E-state index in [4.69, 9.17) is 16.0 Å². The minimum atomic E-state index is 0.0861. The topological polar surface area (TPSA) is 49.6 Å². The minimum absolute atomic E-state index is 0.0861. The fourth-order valence-electron chi connectivity index (χ4n) is 3.26. The second kappa shape index (κ2) is 7.74. The number of carbonyl (C=O) groups is 1.